The van der Waals surface area contributed by atoms with Crippen molar-refractivity contribution in [1.29, 1.82) is 0 Å². The number of hydrogen-bond donors (Lipinski definition) is 3. The minimum absolute atomic E-state index is 0.00518. The number of primary amides is 1. The average Bonchev–Trinajstić information content (AvgIpc) is 2.46. The summed E-state index contributed by atoms with van der Waals surface area (Å²) in [5.41, 5.74) is 6.30. The lowest BCUT2D eigenvalue weighted by Gasteiger charge is -2.27. The van der Waals surface area contributed by atoms with Crippen LogP contribution in [0.4, 0.5) is 0 Å². The fourth-order valence-electron chi connectivity index (χ4n) is 1.77. The molecular formula is C10H17N3O4. The number of carbonyl (C=O) groups excluding carboxylic acids is 1. The lowest BCUT2D eigenvalue weighted by Crippen LogP contribution is -2.41. The third kappa shape index (κ3) is 2.88. The van der Waals surface area contributed by atoms with Crippen molar-refractivity contribution in [2.45, 2.75) is 32.7 Å². The molecule has 0 aromatic carbocycles. The first kappa shape index (κ1) is 13.3. The number of hydrogen-bond acceptors (Lipinski definition) is 5. The molecule has 0 radical (unpaired) electrons. The quantitative estimate of drug-likeness (QED) is 0.623. The Morgan fingerprint density at radius 3 is 2.35 bits per heavy atom. The maximum atomic E-state index is 11.1. The Morgan fingerprint density at radius 1 is 1.41 bits per heavy atom. The highest BCUT2D eigenvalue weighted by molar-refractivity contribution is 5.77. The molecule has 0 aromatic heterocycles. The van der Waals surface area contributed by atoms with Gasteiger partial charge in [-0.15, -0.1) is 0 Å². The third-order valence-electron chi connectivity index (χ3n) is 2.95. The van der Waals surface area contributed by atoms with Crippen molar-refractivity contribution < 1.29 is 19.9 Å². The lowest BCUT2D eigenvalue weighted by atomic mass is 10.1. The number of allylic oxidation sites excluding steroid dienone is 2. The van der Waals surface area contributed by atoms with E-state index in [-0.39, 0.29) is 19.5 Å². The summed E-state index contributed by atoms with van der Waals surface area (Å²) >= 11 is 0. The minimum Gasteiger partial charge on any atom is -0.480 e. The fraction of sp³-hybridized carbons (Fsp3) is 0.600. The zero-order chi connectivity index (χ0) is 13.2. The van der Waals surface area contributed by atoms with Crippen molar-refractivity contribution in [3.8, 4) is 0 Å². The van der Waals surface area contributed by atoms with Crippen LogP contribution in [0.3, 0.4) is 0 Å². The van der Waals surface area contributed by atoms with Gasteiger partial charge in [0.2, 0.25) is 5.91 Å². The molecule has 0 bridgehead atoms. The summed E-state index contributed by atoms with van der Waals surface area (Å²) in [7, 11) is 0. The van der Waals surface area contributed by atoms with E-state index in [0.717, 1.165) is 5.06 Å². The first-order chi connectivity index (χ1) is 7.84. The number of hydroxylamine groups is 2. The Kier molecular flexibility index (Phi) is 3.95. The molecular weight excluding hydrogens is 226 g/mol. The van der Waals surface area contributed by atoms with Crippen molar-refractivity contribution in [2.75, 3.05) is 6.67 Å². The van der Waals surface area contributed by atoms with Crippen LogP contribution in [0.15, 0.2) is 11.4 Å². The number of carbonyl (C=O) groups is 2. The number of nitrogens with zero attached hydrogens (tertiary/aromatic N) is 2. The van der Waals surface area contributed by atoms with Gasteiger partial charge in [0.05, 0.1) is 5.70 Å². The second kappa shape index (κ2) is 5.05. The summed E-state index contributed by atoms with van der Waals surface area (Å²) in [5, 5.41) is 19.6. The molecule has 1 aliphatic rings. The van der Waals surface area contributed by atoms with Gasteiger partial charge < -0.3 is 15.7 Å². The Bertz CT molecular complexity index is 367. The normalized spacial score (nSPS) is 17.6. The van der Waals surface area contributed by atoms with Crippen LogP contribution in [-0.2, 0) is 9.59 Å². The molecule has 1 aliphatic heterocycles. The Labute approximate surface area is 99.1 Å². The highest BCUT2D eigenvalue weighted by Crippen LogP contribution is 2.25. The smallest absolute Gasteiger partial charge is 0.326 e. The highest BCUT2D eigenvalue weighted by atomic mass is 16.5. The number of rotatable bonds is 5. The molecule has 0 unspecified atom stereocenters. The standard InChI is InChI=1S/C10H17N3O4/c1-6-7(2)13(17)5-12(6)8(10(15)16)3-4-9(11)14/h8,17H,3-5H2,1-2H3,(H2,11,14)(H,15,16)/t8-/m0/s1. The highest BCUT2D eigenvalue weighted by Gasteiger charge is 2.32. The topological polar surface area (TPSA) is 107 Å². The van der Waals surface area contributed by atoms with E-state index in [9.17, 15) is 14.8 Å². The predicted octanol–water partition coefficient (Wildman–Crippen LogP) is -0.0792. The molecule has 1 heterocycles. The molecule has 96 valence electrons. The molecule has 0 aromatic rings. The summed E-state index contributed by atoms with van der Waals surface area (Å²) in [6.07, 6.45) is 0.133. The summed E-state index contributed by atoms with van der Waals surface area (Å²) in [6.45, 7) is 3.52. The average molecular weight is 243 g/mol. The molecule has 0 saturated heterocycles. The molecule has 0 aliphatic carbocycles. The summed E-state index contributed by atoms with van der Waals surface area (Å²) in [6, 6.07) is -0.852. The van der Waals surface area contributed by atoms with E-state index in [0.29, 0.717) is 11.4 Å². The SMILES string of the molecule is CC1=C(C)N([C@@H](CCC(N)=O)C(=O)O)CN1O. The van der Waals surface area contributed by atoms with Gasteiger partial charge in [-0.3, -0.25) is 10.0 Å². The fourth-order valence-corrected chi connectivity index (χ4v) is 1.77. The molecule has 7 heteroatoms. The first-order valence-electron chi connectivity index (χ1n) is 5.26. The maximum absolute atomic E-state index is 11.1. The van der Waals surface area contributed by atoms with Crippen molar-refractivity contribution >= 4 is 11.9 Å². The molecule has 0 saturated carbocycles. The molecule has 0 spiro atoms. The molecule has 17 heavy (non-hydrogen) atoms. The molecule has 0 fully saturated rings. The Morgan fingerprint density at radius 2 is 2.00 bits per heavy atom. The van der Waals surface area contributed by atoms with Crippen LogP contribution in [0.25, 0.3) is 0 Å². The third-order valence-corrected chi connectivity index (χ3v) is 2.95. The Hall–Kier alpha value is -1.76. The van der Waals surface area contributed by atoms with Crippen molar-refractivity contribution in [2.24, 2.45) is 5.73 Å². The molecule has 7 nitrogen and oxygen atoms in total. The van der Waals surface area contributed by atoms with Crippen LogP contribution < -0.4 is 5.73 Å². The second-order valence-electron chi connectivity index (χ2n) is 4.04. The summed E-state index contributed by atoms with van der Waals surface area (Å²) < 4.78 is 0. The molecule has 1 amide bonds. The van der Waals surface area contributed by atoms with Gasteiger partial charge in [0.25, 0.3) is 0 Å². The number of amides is 1. The van der Waals surface area contributed by atoms with Crippen molar-refractivity contribution in [1.82, 2.24) is 9.96 Å². The van der Waals surface area contributed by atoms with Crippen molar-refractivity contribution in [3.63, 3.8) is 0 Å². The van der Waals surface area contributed by atoms with E-state index in [2.05, 4.69) is 0 Å². The second-order valence-corrected chi connectivity index (χ2v) is 4.04. The van der Waals surface area contributed by atoms with Gasteiger partial charge in [0, 0.05) is 12.1 Å². The zero-order valence-corrected chi connectivity index (χ0v) is 9.88. The van der Waals surface area contributed by atoms with Crippen LogP contribution >= 0.6 is 0 Å². The van der Waals surface area contributed by atoms with Gasteiger partial charge in [-0.25, -0.2) is 9.86 Å². The summed E-state index contributed by atoms with van der Waals surface area (Å²) in [4.78, 5) is 23.4. The maximum Gasteiger partial charge on any atom is 0.326 e. The van der Waals surface area contributed by atoms with Gasteiger partial charge in [0.1, 0.15) is 12.7 Å². The van der Waals surface area contributed by atoms with Gasteiger partial charge in [-0.1, -0.05) is 0 Å². The van der Waals surface area contributed by atoms with E-state index in [1.54, 1.807) is 18.7 Å². The van der Waals surface area contributed by atoms with Gasteiger partial charge in [0.15, 0.2) is 0 Å². The van der Waals surface area contributed by atoms with Gasteiger partial charge in [-0.05, 0) is 20.3 Å². The monoisotopic (exact) mass is 243 g/mol. The molecule has 1 atom stereocenters. The van der Waals surface area contributed by atoms with Gasteiger partial charge >= 0.3 is 5.97 Å². The number of nitrogens with two attached hydrogens (primary N) is 1. The number of aliphatic carboxylic acids is 1. The van der Waals surface area contributed by atoms with Gasteiger partial charge in [-0.2, -0.15) is 0 Å². The van der Waals surface area contributed by atoms with E-state index in [4.69, 9.17) is 10.8 Å². The number of carboxylic acids is 1. The number of carboxylic acid groups (broad SMARTS) is 1. The van der Waals surface area contributed by atoms with Crippen LogP contribution in [0.2, 0.25) is 0 Å². The lowest BCUT2D eigenvalue weighted by molar-refractivity contribution is -0.145. The van der Waals surface area contributed by atoms with E-state index < -0.39 is 17.9 Å². The van der Waals surface area contributed by atoms with Crippen LogP contribution in [-0.4, -0.2) is 44.9 Å². The largest absolute Gasteiger partial charge is 0.480 e. The Balaban J connectivity index is 2.80. The first-order valence-corrected chi connectivity index (χ1v) is 5.26. The summed E-state index contributed by atoms with van der Waals surface area (Å²) in [5.74, 6) is -1.57. The van der Waals surface area contributed by atoms with Crippen LogP contribution in [0.5, 0.6) is 0 Å². The van der Waals surface area contributed by atoms with Crippen LogP contribution in [0.1, 0.15) is 26.7 Å². The van der Waals surface area contributed by atoms with Crippen molar-refractivity contribution in [3.05, 3.63) is 11.4 Å². The molecule has 1 rings (SSSR count). The van der Waals surface area contributed by atoms with E-state index >= 15 is 0 Å². The van der Waals surface area contributed by atoms with E-state index in [1.165, 1.54) is 0 Å². The molecule has 4 N–H and O–H groups in total. The minimum atomic E-state index is -1.03. The predicted molar refractivity (Wildman–Crippen MR) is 58.6 cm³/mol. The zero-order valence-electron chi connectivity index (χ0n) is 9.88. The van der Waals surface area contributed by atoms with E-state index in [1.807, 2.05) is 0 Å². The van der Waals surface area contributed by atoms with Crippen LogP contribution in [0, 0.1) is 0 Å².